The summed E-state index contributed by atoms with van der Waals surface area (Å²) in [7, 11) is 0. The highest BCUT2D eigenvalue weighted by Crippen LogP contribution is 2.52. The number of thiophene rings is 1. The third-order valence-electron chi connectivity index (χ3n) is 5.49. The van der Waals surface area contributed by atoms with Crippen molar-refractivity contribution in [2.75, 3.05) is 5.32 Å². The van der Waals surface area contributed by atoms with Crippen molar-refractivity contribution >= 4 is 49.6 Å². The van der Waals surface area contributed by atoms with Crippen molar-refractivity contribution in [3.05, 3.63) is 68.1 Å². The Kier molecular flexibility index (Phi) is 3.82. The van der Waals surface area contributed by atoms with Crippen molar-refractivity contribution in [1.29, 1.82) is 0 Å². The number of ketones is 1. The summed E-state index contributed by atoms with van der Waals surface area (Å²) < 4.78 is 1.08. The molecule has 0 radical (unpaired) electrons. The van der Waals surface area contributed by atoms with Crippen LogP contribution in [0.2, 0.25) is 0 Å². The smallest absolute Gasteiger partial charge is 0.162 e. The molecule has 1 atom stereocenters. The summed E-state index contributed by atoms with van der Waals surface area (Å²) in [5, 5.41) is 4.72. The molecule has 3 aromatic rings. The standard InChI is InChI=1S/C22H19BrN2OS/c1-22(2)10-15-20(16(26)11-22)21(17-7-8-18(23)27-17)19-12-4-3-9-24-13(12)5-6-14(19)25-15/h3-9,21,25H,10-11H2,1-2H3. The molecule has 1 aliphatic heterocycles. The summed E-state index contributed by atoms with van der Waals surface area (Å²) in [5.74, 6) is 0.221. The quantitative estimate of drug-likeness (QED) is 0.487. The Balaban J connectivity index is 1.82. The lowest BCUT2D eigenvalue weighted by molar-refractivity contribution is -0.118. The van der Waals surface area contributed by atoms with E-state index in [9.17, 15) is 4.79 Å². The number of carbonyl (C=O) groups is 1. The number of aromatic nitrogens is 1. The number of benzene rings is 1. The van der Waals surface area contributed by atoms with Crippen LogP contribution in [0.3, 0.4) is 0 Å². The number of carbonyl (C=O) groups excluding carboxylic acids is 1. The van der Waals surface area contributed by atoms with E-state index >= 15 is 0 Å². The van der Waals surface area contributed by atoms with E-state index in [1.54, 1.807) is 11.3 Å². The Morgan fingerprint density at radius 2 is 2.04 bits per heavy atom. The van der Waals surface area contributed by atoms with E-state index in [4.69, 9.17) is 0 Å². The van der Waals surface area contributed by atoms with Crippen LogP contribution in [0.15, 0.2) is 57.7 Å². The second kappa shape index (κ2) is 6.01. The minimum Gasteiger partial charge on any atom is -0.358 e. The van der Waals surface area contributed by atoms with Gasteiger partial charge in [0.15, 0.2) is 5.78 Å². The third-order valence-corrected chi connectivity index (χ3v) is 7.18. The molecular weight excluding hydrogens is 420 g/mol. The molecule has 5 heteroatoms. The van der Waals surface area contributed by atoms with Crippen molar-refractivity contribution < 1.29 is 4.79 Å². The van der Waals surface area contributed by atoms with Gasteiger partial charge in [0.2, 0.25) is 0 Å². The van der Waals surface area contributed by atoms with Crippen molar-refractivity contribution in [2.24, 2.45) is 5.41 Å². The Morgan fingerprint density at radius 1 is 1.19 bits per heavy atom. The molecule has 2 aromatic heterocycles. The zero-order valence-corrected chi connectivity index (χ0v) is 17.6. The fraction of sp³-hybridized carbons (Fsp3) is 0.273. The Hall–Kier alpha value is -1.98. The second-order valence-corrected chi connectivity index (χ2v) is 10.6. The van der Waals surface area contributed by atoms with Gasteiger partial charge in [-0.15, -0.1) is 11.3 Å². The number of rotatable bonds is 1. The average Bonchev–Trinajstić information content (AvgIpc) is 3.04. The van der Waals surface area contributed by atoms with Gasteiger partial charge < -0.3 is 5.32 Å². The fourth-order valence-electron chi connectivity index (χ4n) is 4.45. The lowest BCUT2D eigenvalue weighted by atomic mass is 9.69. The maximum absolute atomic E-state index is 13.3. The highest BCUT2D eigenvalue weighted by molar-refractivity contribution is 9.11. The minimum absolute atomic E-state index is 0.0145. The number of pyridine rings is 1. The maximum atomic E-state index is 13.3. The summed E-state index contributed by atoms with van der Waals surface area (Å²) in [5.41, 5.74) is 5.23. The first-order chi connectivity index (χ1) is 12.9. The van der Waals surface area contributed by atoms with Crippen molar-refractivity contribution in [2.45, 2.75) is 32.6 Å². The lowest BCUT2D eigenvalue weighted by Gasteiger charge is -2.39. The SMILES string of the molecule is CC1(C)CC(=O)C2=C(C1)Nc1ccc3ncccc3c1C2c1ccc(Br)s1. The Labute approximate surface area is 170 Å². The van der Waals surface area contributed by atoms with E-state index in [2.05, 4.69) is 70.4 Å². The predicted molar refractivity (Wildman–Crippen MR) is 114 cm³/mol. The molecule has 0 saturated heterocycles. The molecule has 2 aliphatic rings. The van der Waals surface area contributed by atoms with Gasteiger partial charge in [-0.25, -0.2) is 0 Å². The number of nitrogens with zero attached hydrogens (tertiary/aromatic N) is 1. The van der Waals surface area contributed by atoms with E-state index < -0.39 is 0 Å². The van der Waals surface area contributed by atoms with Gasteiger partial charge in [0, 0.05) is 39.8 Å². The molecule has 3 heterocycles. The van der Waals surface area contributed by atoms with Crippen molar-refractivity contribution in [3.8, 4) is 0 Å². The maximum Gasteiger partial charge on any atom is 0.162 e. The topological polar surface area (TPSA) is 42.0 Å². The molecule has 3 nitrogen and oxygen atoms in total. The first-order valence-corrected chi connectivity index (χ1v) is 10.7. The van der Waals surface area contributed by atoms with Crippen LogP contribution in [0.4, 0.5) is 5.69 Å². The van der Waals surface area contributed by atoms with Gasteiger partial charge in [-0.2, -0.15) is 0 Å². The van der Waals surface area contributed by atoms with Crippen molar-refractivity contribution in [1.82, 2.24) is 4.98 Å². The molecule has 5 rings (SSSR count). The van der Waals surface area contributed by atoms with Gasteiger partial charge in [-0.3, -0.25) is 9.78 Å². The van der Waals surface area contributed by atoms with Gasteiger partial charge >= 0.3 is 0 Å². The number of hydrogen-bond donors (Lipinski definition) is 1. The first kappa shape index (κ1) is 17.1. The van der Waals surface area contributed by atoms with Crippen LogP contribution in [0.5, 0.6) is 0 Å². The van der Waals surface area contributed by atoms with Crippen molar-refractivity contribution in [3.63, 3.8) is 0 Å². The number of allylic oxidation sites excluding steroid dienone is 2. The molecule has 0 fully saturated rings. The highest BCUT2D eigenvalue weighted by atomic mass is 79.9. The van der Waals surface area contributed by atoms with E-state index in [0.29, 0.717) is 6.42 Å². The number of Topliss-reactive ketones (excluding diaryl/α,β-unsaturated/α-hetero) is 1. The number of nitrogens with one attached hydrogen (secondary N) is 1. The number of fused-ring (bicyclic) bond motifs is 3. The molecule has 1 aromatic carbocycles. The Morgan fingerprint density at radius 3 is 2.81 bits per heavy atom. The van der Waals surface area contributed by atoms with Gasteiger partial charge in [0.05, 0.1) is 15.2 Å². The second-order valence-electron chi connectivity index (χ2n) is 8.13. The highest BCUT2D eigenvalue weighted by Gasteiger charge is 2.41. The molecule has 0 bridgehead atoms. The normalized spacial score (nSPS) is 21.0. The number of anilines is 1. The zero-order chi connectivity index (χ0) is 18.8. The molecule has 1 aliphatic carbocycles. The van der Waals surface area contributed by atoms with E-state index in [1.165, 1.54) is 10.4 Å². The van der Waals surface area contributed by atoms with Crippen LogP contribution in [0, 0.1) is 5.41 Å². The molecule has 0 spiro atoms. The molecule has 1 unspecified atom stereocenters. The van der Waals surface area contributed by atoms with Gasteiger partial charge in [-0.1, -0.05) is 19.9 Å². The number of halogens is 1. The Bertz CT molecular complexity index is 1130. The molecule has 0 amide bonds. The van der Waals surface area contributed by atoms with Crippen LogP contribution in [0.25, 0.3) is 10.9 Å². The zero-order valence-electron chi connectivity index (χ0n) is 15.2. The summed E-state index contributed by atoms with van der Waals surface area (Å²) in [6.07, 6.45) is 3.30. The van der Waals surface area contributed by atoms with Crippen LogP contribution in [-0.4, -0.2) is 10.8 Å². The molecular formula is C22H19BrN2OS. The van der Waals surface area contributed by atoms with Crippen LogP contribution in [-0.2, 0) is 4.79 Å². The van der Waals surface area contributed by atoms with Gasteiger partial charge in [0.1, 0.15) is 0 Å². The fourth-order valence-corrected chi connectivity index (χ4v) is 6.00. The van der Waals surface area contributed by atoms with E-state index in [-0.39, 0.29) is 17.1 Å². The molecule has 136 valence electrons. The summed E-state index contributed by atoms with van der Waals surface area (Å²) >= 11 is 5.31. The average molecular weight is 439 g/mol. The molecule has 27 heavy (non-hydrogen) atoms. The molecule has 0 saturated carbocycles. The minimum atomic E-state index is -0.0379. The van der Waals surface area contributed by atoms with Gasteiger partial charge in [0.25, 0.3) is 0 Å². The van der Waals surface area contributed by atoms with E-state index in [1.807, 2.05) is 12.3 Å². The first-order valence-electron chi connectivity index (χ1n) is 9.09. The molecule has 1 N–H and O–H groups in total. The van der Waals surface area contributed by atoms with Crippen LogP contribution < -0.4 is 5.32 Å². The van der Waals surface area contributed by atoms with Crippen LogP contribution in [0.1, 0.15) is 43.0 Å². The van der Waals surface area contributed by atoms with E-state index in [0.717, 1.165) is 38.1 Å². The largest absolute Gasteiger partial charge is 0.358 e. The van der Waals surface area contributed by atoms with Gasteiger partial charge in [-0.05, 0) is 63.7 Å². The monoisotopic (exact) mass is 438 g/mol. The lowest BCUT2D eigenvalue weighted by Crippen LogP contribution is -2.33. The summed E-state index contributed by atoms with van der Waals surface area (Å²) in [6, 6.07) is 12.5. The summed E-state index contributed by atoms with van der Waals surface area (Å²) in [4.78, 5) is 19.0. The predicted octanol–water partition coefficient (Wildman–Crippen LogP) is 6.26. The number of hydrogen-bond acceptors (Lipinski definition) is 4. The van der Waals surface area contributed by atoms with Crippen LogP contribution >= 0.6 is 27.3 Å². The summed E-state index contributed by atoms with van der Waals surface area (Å²) in [6.45, 7) is 4.35. The third kappa shape index (κ3) is 2.75.